The van der Waals surface area contributed by atoms with Crippen LogP contribution < -0.4 is 10.8 Å². The van der Waals surface area contributed by atoms with Crippen LogP contribution in [0.4, 0.5) is 5.00 Å². The summed E-state index contributed by atoms with van der Waals surface area (Å²) in [4.78, 5) is 18.5. The molecule has 0 unspecified atom stereocenters. The number of nitriles is 1. The molecular weight excluding hydrogens is 334 g/mol. The Morgan fingerprint density at radius 2 is 2.04 bits per heavy atom. The van der Waals surface area contributed by atoms with Crippen molar-refractivity contribution in [3.05, 3.63) is 58.5 Å². The molecule has 1 aliphatic rings. The summed E-state index contributed by atoms with van der Waals surface area (Å²) < 4.78 is 0. The number of nitrogens with one attached hydrogen (secondary N) is 2. The van der Waals surface area contributed by atoms with Crippen LogP contribution in [0.15, 0.2) is 36.9 Å². The van der Waals surface area contributed by atoms with Crippen LogP contribution in [0, 0.1) is 11.3 Å². The van der Waals surface area contributed by atoms with Gasteiger partial charge in [0, 0.05) is 4.88 Å². The van der Waals surface area contributed by atoms with Gasteiger partial charge in [0.1, 0.15) is 11.1 Å². The van der Waals surface area contributed by atoms with E-state index in [2.05, 4.69) is 23.4 Å². The molecule has 2 N–H and O–H groups in total. The van der Waals surface area contributed by atoms with Crippen molar-refractivity contribution >= 4 is 27.9 Å². The van der Waals surface area contributed by atoms with Crippen LogP contribution in [0.25, 0.3) is 5.70 Å². The summed E-state index contributed by atoms with van der Waals surface area (Å²) in [6.07, 6.45) is 4.14. The SMILES string of the molecule is C=C(NOCC(=O)Nc1sc2c(c1C#N)CCCC2)c1ccccc1. The minimum absolute atomic E-state index is 0.167. The van der Waals surface area contributed by atoms with E-state index >= 15 is 0 Å². The van der Waals surface area contributed by atoms with Crippen LogP contribution in [-0.2, 0) is 22.5 Å². The van der Waals surface area contributed by atoms with E-state index in [1.165, 1.54) is 16.2 Å². The highest BCUT2D eigenvalue weighted by atomic mass is 32.1. The minimum atomic E-state index is -0.302. The van der Waals surface area contributed by atoms with Crippen LogP contribution in [0.2, 0.25) is 0 Å². The predicted molar refractivity (Wildman–Crippen MR) is 98.9 cm³/mol. The van der Waals surface area contributed by atoms with Crippen LogP contribution in [-0.4, -0.2) is 12.5 Å². The molecule has 0 radical (unpaired) electrons. The molecular formula is C19H19N3O2S. The number of carbonyl (C=O) groups excluding carboxylic acids is 1. The monoisotopic (exact) mass is 353 g/mol. The molecule has 0 atom stereocenters. The molecule has 0 spiro atoms. The van der Waals surface area contributed by atoms with Gasteiger partial charge in [-0.25, -0.2) is 0 Å². The van der Waals surface area contributed by atoms with Gasteiger partial charge in [-0.05, 0) is 36.8 Å². The second kappa shape index (κ2) is 7.97. The van der Waals surface area contributed by atoms with E-state index in [9.17, 15) is 10.1 Å². The van der Waals surface area contributed by atoms with E-state index in [1.54, 1.807) is 0 Å². The average molecular weight is 353 g/mol. The molecule has 25 heavy (non-hydrogen) atoms. The third-order valence-electron chi connectivity index (χ3n) is 4.06. The van der Waals surface area contributed by atoms with Gasteiger partial charge in [-0.15, -0.1) is 11.3 Å². The zero-order valence-corrected chi connectivity index (χ0v) is 14.6. The topological polar surface area (TPSA) is 74.2 Å². The largest absolute Gasteiger partial charge is 0.314 e. The van der Waals surface area contributed by atoms with Gasteiger partial charge in [0.25, 0.3) is 5.91 Å². The maximum atomic E-state index is 12.1. The molecule has 1 aromatic carbocycles. The van der Waals surface area contributed by atoms with Gasteiger partial charge in [0.15, 0.2) is 6.61 Å². The number of anilines is 1. The van der Waals surface area contributed by atoms with Crippen molar-refractivity contribution in [1.29, 1.82) is 5.26 Å². The lowest BCUT2D eigenvalue weighted by atomic mass is 9.96. The van der Waals surface area contributed by atoms with Crippen molar-refractivity contribution in [1.82, 2.24) is 5.48 Å². The smallest absolute Gasteiger partial charge is 0.253 e. The highest BCUT2D eigenvalue weighted by Gasteiger charge is 2.21. The highest BCUT2D eigenvalue weighted by molar-refractivity contribution is 7.16. The first-order valence-corrected chi connectivity index (χ1v) is 8.97. The molecule has 1 heterocycles. The molecule has 0 bridgehead atoms. The van der Waals surface area contributed by atoms with Gasteiger partial charge in [-0.3, -0.25) is 15.1 Å². The lowest BCUT2D eigenvalue weighted by Crippen LogP contribution is -2.23. The molecule has 0 fully saturated rings. The zero-order chi connectivity index (χ0) is 17.6. The van der Waals surface area contributed by atoms with Crippen LogP contribution in [0.5, 0.6) is 0 Å². The Kier molecular flexibility index (Phi) is 5.49. The van der Waals surface area contributed by atoms with Crippen molar-refractivity contribution in [3.8, 4) is 6.07 Å². The molecule has 128 valence electrons. The maximum absolute atomic E-state index is 12.1. The first-order valence-electron chi connectivity index (χ1n) is 8.15. The molecule has 5 nitrogen and oxygen atoms in total. The molecule has 1 amide bonds. The Bertz CT molecular complexity index is 821. The Morgan fingerprint density at radius 3 is 2.80 bits per heavy atom. The normalized spacial score (nSPS) is 12.8. The molecule has 0 aliphatic heterocycles. The van der Waals surface area contributed by atoms with E-state index in [4.69, 9.17) is 4.84 Å². The second-order valence-corrected chi connectivity index (χ2v) is 6.92. The lowest BCUT2D eigenvalue weighted by Gasteiger charge is -2.10. The summed E-state index contributed by atoms with van der Waals surface area (Å²) in [7, 11) is 0. The van der Waals surface area contributed by atoms with Gasteiger partial charge < -0.3 is 5.32 Å². The Morgan fingerprint density at radius 1 is 1.28 bits per heavy atom. The first kappa shape index (κ1) is 17.2. The van der Waals surface area contributed by atoms with Crippen molar-refractivity contribution in [3.63, 3.8) is 0 Å². The standard InChI is InChI=1S/C19H19N3O2S/c1-13(14-7-3-2-4-8-14)22-24-12-18(23)21-19-16(11-20)15-9-5-6-10-17(15)25-19/h2-4,7-8,22H,1,5-6,9-10,12H2,(H,21,23). The number of nitrogens with zero attached hydrogens (tertiary/aromatic N) is 1. The number of amides is 1. The third-order valence-corrected chi connectivity index (χ3v) is 5.26. The van der Waals surface area contributed by atoms with Crippen molar-refractivity contribution in [2.24, 2.45) is 0 Å². The molecule has 6 heteroatoms. The number of thiophene rings is 1. The lowest BCUT2D eigenvalue weighted by molar-refractivity contribution is -0.122. The number of rotatable bonds is 6. The van der Waals surface area contributed by atoms with Crippen molar-refractivity contribution < 1.29 is 9.63 Å². The maximum Gasteiger partial charge on any atom is 0.253 e. The molecule has 0 saturated carbocycles. The number of hydrogen-bond acceptors (Lipinski definition) is 5. The predicted octanol–water partition coefficient (Wildman–Crippen LogP) is 3.63. The van der Waals surface area contributed by atoms with Gasteiger partial charge in [-0.2, -0.15) is 5.26 Å². The third kappa shape index (κ3) is 4.08. The number of aryl methyl sites for hydroxylation is 1. The van der Waals surface area contributed by atoms with Crippen LogP contribution in [0.1, 0.15) is 34.4 Å². The Hall–Kier alpha value is -2.62. The summed E-state index contributed by atoms with van der Waals surface area (Å²) in [5.74, 6) is -0.302. The summed E-state index contributed by atoms with van der Waals surface area (Å²) in [6.45, 7) is 3.70. The molecule has 1 aromatic heterocycles. The first-order chi connectivity index (χ1) is 12.2. The van der Waals surface area contributed by atoms with Crippen molar-refractivity contribution in [2.45, 2.75) is 25.7 Å². The number of hydroxylamine groups is 1. The van der Waals surface area contributed by atoms with E-state index in [0.29, 0.717) is 16.3 Å². The number of benzene rings is 1. The minimum Gasteiger partial charge on any atom is -0.314 e. The van der Waals surface area contributed by atoms with Gasteiger partial charge in [0.2, 0.25) is 0 Å². The van der Waals surface area contributed by atoms with E-state index in [1.807, 2.05) is 30.3 Å². The molecule has 3 rings (SSSR count). The quantitative estimate of drug-likeness (QED) is 0.778. The fourth-order valence-electron chi connectivity index (χ4n) is 2.82. The van der Waals surface area contributed by atoms with Crippen LogP contribution in [0.3, 0.4) is 0 Å². The van der Waals surface area contributed by atoms with E-state index in [0.717, 1.165) is 36.8 Å². The van der Waals surface area contributed by atoms with Gasteiger partial charge in [-0.1, -0.05) is 36.9 Å². The molecule has 0 saturated heterocycles. The Labute approximate surface area is 150 Å². The van der Waals surface area contributed by atoms with Gasteiger partial charge >= 0.3 is 0 Å². The van der Waals surface area contributed by atoms with Crippen LogP contribution >= 0.6 is 11.3 Å². The van der Waals surface area contributed by atoms with E-state index in [-0.39, 0.29) is 12.5 Å². The zero-order valence-electron chi connectivity index (χ0n) is 13.8. The summed E-state index contributed by atoms with van der Waals surface area (Å²) >= 11 is 1.50. The van der Waals surface area contributed by atoms with Gasteiger partial charge in [0.05, 0.1) is 11.3 Å². The number of fused-ring (bicyclic) bond motifs is 1. The summed E-state index contributed by atoms with van der Waals surface area (Å²) in [5.41, 5.74) is 5.86. The fraction of sp³-hybridized carbons (Fsp3) is 0.263. The highest BCUT2D eigenvalue weighted by Crippen LogP contribution is 2.37. The Balaban J connectivity index is 1.54. The summed E-state index contributed by atoms with van der Waals surface area (Å²) in [5, 5.41) is 12.8. The second-order valence-electron chi connectivity index (χ2n) is 5.81. The molecule has 2 aromatic rings. The fourth-order valence-corrected chi connectivity index (χ4v) is 4.08. The number of carbonyl (C=O) groups is 1. The average Bonchev–Trinajstić information content (AvgIpc) is 2.99. The van der Waals surface area contributed by atoms with Crippen molar-refractivity contribution in [2.75, 3.05) is 11.9 Å². The summed E-state index contributed by atoms with van der Waals surface area (Å²) in [6, 6.07) is 11.7. The molecule has 1 aliphatic carbocycles. The number of hydrogen-bond donors (Lipinski definition) is 2. The van der Waals surface area contributed by atoms with E-state index < -0.39 is 0 Å².